The van der Waals surface area contributed by atoms with Crippen LogP contribution in [-0.4, -0.2) is 42.3 Å². The van der Waals surface area contributed by atoms with Gasteiger partial charge in [-0.2, -0.15) is 0 Å². The van der Waals surface area contributed by atoms with Crippen molar-refractivity contribution in [3.63, 3.8) is 0 Å². The van der Waals surface area contributed by atoms with Crippen molar-refractivity contribution in [3.05, 3.63) is 0 Å². The minimum Gasteiger partial charge on any atom is -0.372 e. The standard InChI is InChI=1S/C15H28N2O/c16-10-5-11-17-12-6-1-3-8-14(12)18-15-9-4-2-7-13(15)17/h12-15H,1-11,16H2. The molecule has 3 rings (SSSR count). The molecule has 4 unspecified atom stereocenters. The van der Waals surface area contributed by atoms with Crippen molar-refractivity contribution < 1.29 is 4.74 Å². The van der Waals surface area contributed by atoms with Crippen LogP contribution in [0, 0.1) is 0 Å². The van der Waals surface area contributed by atoms with Crippen molar-refractivity contribution in [1.29, 1.82) is 0 Å². The summed E-state index contributed by atoms with van der Waals surface area (Å²) in [4.78, 5) is 2.80. The van der Waals surface area contributed by atoms with E-state index in [0.29, 0.717) is 24.3 Å². The van der Waals surface area contributed by atoms with E-state index in [9.17, 15) is 0 Å². The van der Waals surface area contributed by atoms with E-state index in [1.165, 1.54) is 57.9 Å². The van der Waals surface area contributed by atoms with Gasteiger partial charge in [0, 0.05) is 18.6 Å². The van der Waals surface area contributed by atoms with E-state index in [4.69, 9.17) is 10.5 Å². The van der Waals surface area contributed by atoms with Crippen LogP contribution in [0.4, 0.5) is 0 Å². The third-order valence-corrected chi connectivity index (χ3v) is 5.16. The lowest BCUT2D eigenvalue weighted by molar-refractivity contribution is -0.175. The lowest BCUT2D eigenvalue weighted by Gasteiger charge is -2.53. The summed E-state index contributed by atoms with van der Waals surface area (Å²) in [7, 11) is 0. The Morgan fingerprint density at radius 1 is 0.889 bits per heavy atom. The largest absolute Gasteiger partial charge is 0.372 e. The Hall–Kier alpha value is -0.120. The Morgan fingerprint density at radius 3 is 2.00 bits per heavy atom. The second-order valence-electron chi connectivity index (χ2n) is 6.30. The first-order chi connectivity index (χ1) is 8.90. The monoisotopic (exact) mass is 252 g/mol. The van der Waals surface area contributed by atoms with Crippen molar-refractivity contribution in [2.24, 2.45) is 5.73 Å². The summed E-state index contributed by atoms with van der Waals surface area (Å²) >= 11 is 0. The number of nitrogens with zero attached hydrogens (tertiary/aromatic N) is 1. The SMILES string of the molecule is NCCCN1C2CCCCC2OC2CCCCC21. The van der Waals surface area contributed by atoms with E-state index in [1.54, 1.807) is 0 Å². The van der Waals surface area contributed by atoms with E-state index >= 15 is 0 Å². The maximum absolute atomic E-state index is 6.43. The first kappa shape index (κ1) is 12.9. The van der Waals surface area contributed by atoms with E-state index in [2.05, 4.69) is 4.90 Å². The van der Waals surface area contributed by atoms with Crippen molar-refractivity contribution in [2.75, 3.05) is 13.1 Å². The summed E-state index contributed by atoms with van der Waals surface area (Å²) in [5, 5.41) is 0. The highest BCUT2D eigenvalue weighted by Crippen LogP contribution is 2.38. The molecule has 1 aliphatic heterocycles. The second-order valence-corrected chi connectivity index (χ2v) is 6.30. The van der Waals surface area contributed by atoms with Gasteiger partial charge in [-0.1, -0.05) is 25.7 Å². The molecular weight excluding hydrogens is 224 g/mol. The zero-order valence-corrected chi connectivity index (χ0v) is 11.5. The quantitative estimate of drug-likeness (QED) is 0.837. The van der Waals surface area contributed by atoms with Gasteiger partial charge in [0.25, 0.3) is 0 Å². The van der Waals surface area contributed by atoms with Gasteiger partial charge in [0.1, 0.15) is 0 Å². The van der Waals surface area contributed by atoms with E-state index in [1.807, 2.05) is 0 Å². The van der Waals surface area contributed by atoms with Gasteiger partial charge in [-0.05, 0) is 38.6 Å². The van der Waals surface area contributed by atoms with Crippen molar-refractivity contribution in [3.8, 4) is 0 Å². The molecule has 3 fully saturated rings. The molecule has 2 aliphatic carbocycles. The molecule has 0 spiro atoms. The summed E-state index contributed by atoms with van der Waals surface area (Å²) < 4.78 is 6.43. The van der Waals surface area contributed by atoms with Crippen LogP contribution in [-0.2, 0) is 4.74 Å². The van der Waals surface area contributed by atoms with E-state index in [-0.39, 0.29) is 0 Å². The van der Waals surface area contributed by atoms with Gasteiger partial charge in [-0.25, -0.2) is 0 Å². The fourth-order valence-corrected chi connectivity index (χ4v) is 4.31. The number of rotatable bonds is 3. The molecule has 1 saturated heterocycles. The Morgan fingerprint density at radius 2 is 1.44 bits per heavy atom. The molecule has 0 aromatic rings. The van der Waals surface area contributed by atoms with Crippen molar-refractivity contribution >= 4 is 0 Å². The van der Waals surface area contributed by atoms with Gasteiger partial charge in [-0.15, -0.1) is 0 Å². The highest BCUT2D eigenvalue weighted by molar-refractivity contribution is 4.97. The predicted octanol–water partition coefficient (Wildman–Crippen LogP) is 2.29. The molecule has 0 aromatic heterocycles. The van der Waals surface area contributed by atoms with Crippen LogP contribution in [0.1, 0.15) is 57.8 Å². The summed E-state index contributed by atoms with van der Waals surface area (Å²) in [6.45, 7) is 2.02. The van der Waals surface area contributed by atoms with Gasteiger partial charge >= 0.3 is 0 Å². The highest BCUT2D eigenvalue weighted by Gasteiger charge is 2.44. The highest BCUT2D eigenvalue weighted by atomic mass is 16.5. The Kier molecular flexibility index (Phi) is 4.22. The van der Waals surface area contributed by atoms with Gasteiger partial charge < -0.3 is 10.5 Å². The molecule has 0 amide bonds. The Balaban J connectivity index is 1.74. The third kappa shape index (κ3) is 2.45. The van der Waals surface area contributed by atoms with Gasteiger partial charge in [0.15, 0.2) is 0 Å². The smallest absolute Gasteiger partial charge is 0.0734 e. The van der Waals surface area contributed by atoms with Crippen molar-refractivity contribution in [2.45, 2.75) is 82.1 Å². The fraction of sp³-hybridized carbons (Fsp3) is 1.00. The topological polar surface area (TPSA) is 38.5 Å². The molecular formula is C15H28N2O. The summed E-state index contributed by atoms with van der Waals surface area (Å²) in [5.74, 6) is 0. The number of morpholine rings is 1. The maximum atomic E-state index is 6.43. The molecule has 3 aliphatic rings. The number of fused-ring (bicyclic) bond motifs is 2. The molecule has 3 nitrogen and oxygen atoms in total. The zero-order chi connectivity index (χ0) is 12.4. The first-order valence-electron chi connectivity index (χ1n) is 8.01. The lowest BCUT2D eigenvalue weighted by Crippen LogP contribution is -2.62. The molecule has 4 atom stereocenters. The molecule has 0 aromatic carbocycles. The molecule has 3 heteroatoms. The van der Waals surface area contributed by atoms with Crippen LogP contribution in [0.2, 0.25) is 0 Å². The predicted molar refractivity (Wildman–Crippen MR) is 73.6 cm³/mol. The van der Waals surface area contributed by atoms with Crippen LogP contribution < -0.4 is 5.73 Å². The van der Waals surface area contributed by atoms with Crippen LogP contribution in [0.5, 0.6) is 0 Å². The average molecular weight is 252 g/mol. The summed E-state index contributed by atoms with van der Waals surface area (Å²) in [6, 6.07) is 1.40. The average Bonchev–Trinajstić information content (AvgIpc) is 2.43. The van der Waals surface area contributed by atoms with Crippen LogP contribution >= 0.6 is 0 Å². The first-order valence-corrected chi connectivity index (χ1v) is 8.01. The molecule has 0 bridgehead atoms. The molecule has 0 radical (unpaired) electrons. The van der Waals surface area contributed by atoms with E-state index < -0.39 is 0 Å². The molecule has 2 saturated carbocycles. The number of ether oxygens (including phenoxy) is 1. The second kappa shape index (κ2) is 5.89. The van der Waals surface area contributed by atoms with Gasteiger partial charge in [0.2, 0.25) is 0 Å². The van der Waals surface area contributed by atoms with Gasteiger partial charge in [-0.3, -0.25) is 4.90 Å². The third-order valence-electron chi connectivity index (χ3n) is 5.16. The number of nitrogens with two attached hydrogens (primary N) is 1. The van der Waals surface area contributed by atoms with Crippen LogP contribution in [0.3, 0.4) is 0 Å². The Bertz CT molecular complexity index is 249. The minimum absolute atomic E-state index is 0.524. The number of hydrogen-bond acceptors (Lipinski definition) is 3. The van der Waals surface area contributed by atoms with Gasteiger partial charge in [0.05, 0.1) is 12.2 Å². The fourth-order valence-electron chi connectivity index (χ4n) is 4.31. The minimum atomic E-state index is 0.524. The van der Waals surface area contributed by atoms with Crippen molar-refractivity contribution in [1.82, 2.24) is 4.90 Å². The molecule has 1 heterocycles. The lowest BCUT2D eigenvalue weighted by atomic mass is 9.82. The van der Waals surface area contributed by atoms with E-state index in [0.717, 1.165) is 13.0 Å². The zero-order valence-electron chi connectivity index (χ0n) is 11.5. The summed E-state index contributed by atoms with van der Waals surface area (Å²) in [5.41, 5.74) is 5.72. The van der Waals surface area contributed by atoms with Crippen LogP contribution in [0.25, 0.3) is 0 Å². The molecule has 2 N–H and O–H groups in total. The summed E-state index contributed by atoms with van der Waals surface area (Å²) in [6.07, 6.45) is 13.0. The molecule has 18 heavy (non-hydrogen) atoms. The van der Waals surface area contributed by atoms with Crippen LogP contribution in [0.15, 0.2) is 0 Å². The Labute approximate surface area is 111 Å². The molecule has 104 valence electrons. The normalized spacial score (nSPS) is 41.2. The maximum Gasteiger partial charge on any atom is 0.0734 e. The number of hydrogen-bond donors (Lipinski definition) is 1.